The highest BCUT2D eigenvalue weighted by molar-refractivity contribution is 7.91. The van der Waals surface area contributed by atoms with Crippen LogP contribution < -0.4 is 5.32 Å². The van der Waals surface area contributed by atoms with Gasteiger partial charge < -0.3 is 5.32 Å². The number of hydrogen-bond donors (Lipinski definition) is 1. The van der Waals surface area contributed by atoms with Crippen LogP contribution in [0, 0.1) is 0 Å². The van der Waals surface area contributed by atoms with Crippen molar-refractivity contribution in [2.75, 3.05) is 39.3 Å². The molecule has 0 atom stereocenters. The summed E-state index contributed by atoms with van der Waals surface area (Å²) in [5.41, 5.74) is 0. The monoisotopic (exact) mass is 393 g/mol. The number of amides is 1. The Morgan fingerprint density at radius 3 is 2.54 bits per heavy atom. The number of piperazine rings is 1. The number of thiophene rings is 1. The van der Waals surface area contributed by atoms with Crippen LogP contribution in [0.1, 0.15) is 26.2 Å². The lowest BCUT2D eigenvalue weighted by Gasteiger charge is -2.33. The molecule has 1 amide bonds. The van der Waals surface area contributed by atoms with Gasteiger partial charge in [-0.05, 0) is 18.6 Å². The first-order valence-electron chi connectivity index (χ1n) is 8.18. The molecule has 0 spiro atoms. The van der Waals surface area contributed by atoms with Gasteiger partial charge in [0.2, 0.25) is 5.91 Å². The Hall–Kier alpha value is -0.670. The summed E-state index contributed by atoms with van der Waals surface area (Å²) >= 11 is 6.90. The van der Waals surface area contributed by atoms with Crippen LogP contribution in [0.4, 0.5) is 0 Å². The average molecular weight is 394 g/mol. The second kappa shape index (κ2) is 9.15. The molecular formula is C15H24ClN3O3S2. The maximum atomic E-state index is 12.5. The smallest absolute Gasteiger partial charge is 0.252 e. The number of rotatable bonds is 8. The third kappa shape index (κ3) is 5.42. The minimum absolute atomic E-state index is 0.00690. The number of hydrogen-bond acceptors (Lipinski definition) is 5. The van der Waals surface area contributed by atoms with Crippen molar-refractivity contribution in [3.8, 4) is 0 Å². The van der Waals surface area contributed by atoms with E-state index in [4.69, 9.17) is 11.6 Å². The first kappa shape index (κ1) is 19.7. The van der Waals surface area contributed by atoms with Gasteiger partial charge in [0, 0.05) is 32.7 Å². The van der Waals surface area contributed by atoms with Crippen molar-refractivity contribution >= 4 is 38.9 Å². The first-order chi connectivity index (χ1) is 11.4. The summed E-state index contributed by atoms with van der Waals surface area (Å²) in [6.45, 7) is 5.05. The summed E-state index contributed by atoms with van der Waals surface area (Å²) in [6, 6.07) is 3.14. The van der Waals surface area contributed by atoms with Crippen LogP contribution >= 0.6 is 22.9 Å². The molecule has 1 aromatic heterocycles. The van der Waals surface area contributed by atoms with Gasteiger partial charge in [-0.2, -0.15) is 4.31 Å². The van der Waals surface area contributed by atoms with E-state index in [0.29, 0.717) is 43.6 Å². The van der Waals surface area contributed by atoms with Crippen molar-refractivity contribution in [1.82, 2.24) is 14.5 Å². The molecule has 0 bridgehead atoms. The normalized spacial score (nSPS) is 17.1. The molecule has 9 heteroatoms. The molecule has 1 N–H and O–H groups in total. The largest absolute Gasteiger partial charge is 0.355 e. The van der Waals surface area contributed by atoms with Gasteiger partial charge in [0.05, 0.1) is 10.9 Å². The van der Waals surface area contributed by atoms with E-state index < -0.39 is 10.0 Å². The van der Waals surface area contributed by atoms with E-state index in [1.807, 2.05) is 4.90 Å². The molecule has 1 aromatic rings. The second-order valence-corrected chi connectivity index (χ2v) is 9.68. The number of carbonyl (C=O) groups is 1. The third-order valence-corrected chi connectivity index (χ3v) is 7.54. The zero-order valence-corrected chi connectivity index (χ0v) is 16.2. The van der Waals surface area contributed by atoms with Gasteiger partial charge in [0.1, 0.15) is 4.21 Å². The molecular weight excluding hydrogens is 370 g/mol. The summed E-state index contributed by atoms with van der Waals surface area (Å²) in [5.74, 6) is 0.00690. The standard InChI is InChI=1S/C15H24ClN3O3S2/c1-2-3-4-7-17-14(20)12-18-8-10-19(11-9-18)24(21,22)15-6-5-13(16)23-15/h5-6H,2-4,7-12H2,1H3,(H,17,20). The lowest BCUT2D eigenvalue weighted by Crippen LogP contribution is -2.50. The molecule has 1 aliphatic rings. The van der Waals surface area contributed by atoms with E-state index >= 15 is 0 Å². The second-order valence-electron chi connectivity index (χ2n) is 5.80. The molecule has 1 fully saturated rings. The van der Waals surface area contributed by atoms with E-state index in [1.54, 1.807) is 12.1 Å². The van der Waals surface area contributed by atoms with Gasteiger partial charge >= 0.3 is 0 Å². The van der Waals surface area contributed by atoms with Crippen LogP contribution in [-0.4, -0.2) is 62.8 Å². The zero-order chi connectivity index (χ0) is 17.6. The maximum absolute atomic E-state index is 12.5. The van der Waals surface area contributed by atoms with Gasteiger partial charge in [-0.15, -0.1) is 11.3 Å². The minimum Gasteiger partial charge on any atom is -0.355 e. The Kier molecular flexibility index (Phi) is 7.49. The number of sulfonamides is 1. The Balaban J connectivity index is 1.78. The SMILES string of the molecule is CCCCCNC(=O)CN1CCN(S(=O)(=O)c2ccc(Cl)s2)CC1. The number of nitrogens with zero attached hydrogens (tertiary/aromatic N) is 2. The minimum atomic E-state index is -3.47. The molecule has 0 radical (unpaired) electrons. The van der Waals surface area contributed by atoms with Crippen molar-refractivity contribution in [2.45, 2.75) is 30.4 Å². The summed E-state index contributed by atoms with van der Waals surface area (Å²) < 4.78 is 27.2. The molecule has 1 aliphatic heterocycles. The van der Waals surface area contributed by atoms with Crippen molar-refractivity contribution in [3.05, 3.63) is 16.5 Å². The molecule has 0 saturated carbocycles. The maximum Gasteiger partial charge on any atom is 0.252 e. The van der Waals surface area contributed by atoms with Gasteiger partial charge in [-0.3, -0.25) is 9.69 Å². The first-order valence-corrected chi connectivity index (χ1v) is 10.8. The predicted octanol–water partition coefficient (Wildman–Crippen LogP) is 2.01. The highest BCUT2D eigenvalue weighted by Gasteiger charge is 2.30. The van der Waals surface area contributed by atoms with Crippen molar-refractivity contribution in [2.24, 2.45) is 0 Å². The highest BCUT2D eigenvalue weighted by Crippen LogP contribution is 2.28. The predicted molar refractivity (Wildman–Crippen MR) is 97.1 cm³/mol. The molecule has 0 aromatic carbocycles. The highest BCUT2D eigenvalue weighted by atomic mass is 35.5. The van der Waals surface area contributed by atoms with Crippen molar-refractivity contribution < 1.29 is 13.2 Å². The van der Waals surface area contributed by atoms with E-state index in [1.165, 1.54) is 4.31 Å². The van der Waals surface area contributed by atoms with Gasteiger partial charge in [-0.1, -0.05) is 31.4 Å². The fourth-order valence-corrected chi connectivity index (χ4v) is 5.61. The Morgan fingerprint density at radius 2 is 1.96 bits per heavy atom. The Bertz CT molecular complexity index is 640. The zero-order valence-electron chi connectivity index (χ0n) is 13.8. The average Bonchev–Trinajstić information content (AvgIpc) is 2.99. The van der Waals surface area contributed by atoms with Crippen LogP contribution in [0.3, 0.4) is 0 Å². The lowest BCUT2D eigenvalue weighted by molar-refractivity contribution is -0.122. The summed E-state index contributed by atoms with van der Waals surface area (Å²) in [6.07, 6.45) is 3.24. The molecule has 0 aliphatic carbocycles. The number of unbranched alkanes of at least 4 members (excludes halogenated alkanes) is 2. The number of halogens is 1. The summed E-state index contributed by atoms with van der Waals surface area (Å²) in [5, 5.41) is 2.91. The van der Waals surface area contributed by atoms with Crippen LogP contribution in [0.2, 0.25) is 4.34 Å². The van der Waals surface area contributed by atoms with E-state index in [-0.39, 0.29) is 10.1 Å². The fourth-order valence-electron chi connectivity index (χ4n) is 2.55. The fraction of sp³-hybridized carbons (Fsp3) is 0.667. The quantitative estimate of drug-likeness (QED) is 0.686. The molecule has 6 nitrogen and oxygen atoms in total. The van der Waals surface area contributed by atoms with Crippen molar-refractivity contribution in [3.63, 3.8) is 0 Å². The van der Waals surface area contributed by atoms with Gasteiger partial charge in [0.25, 0.3) is 10.0 Å². The molecule has 0 unspecified atom stereocenters. The van der Waals surface area contributed by atoms with E-state index in [9.17, 15) is 13.2 Å². The van der Waals surface area contributed by atoms with Crippen LogP contribution in [-0.2, 0) is 14.8 Å². The molecule has 136 valence electrons. The van der Waals surface area contributed by atoms with Crippen LogP contribution in [0.5, 0.6) is 0 Å². The summed E-state index contributed by atoms with van der Waals surface area (Å²) in [4.78, 5) is 13.9. The summed E-state index contributed by atoms with van der Waals surface area (Å²) in [7, 11) is -3.47. The molecule has 24 heavy (non-hydrogen) atoms. The Labute approximate surface area is 152 Å². The number of nitrogens with one attached hydrogen (secondary N) is 1. The molecule has 2 heterocycles. The van der Waals surface area contributed by atoms with E-state index in [2.05, 4.69) is 12.2 Å². The van der Waals surface area contributed by atoms with Gasteiger partial charge in [-0.25, -0.2) is 8.42 Å². The van der Waals surface area contributed by atoms with Gasteiger partial charge in [0.15, 0.2) is 0 Å². The van der Waals surface area contributed by atoms with Crippen LogP contribution in [0.25, 0.3) is 0 Å². The van der Waals surface area contributed by atoms with E-state index in [0.717, 1.165) is 30.6 Å². The lowest BCUT2D eigenvalue weighted by atomic mass is 10.2. The van der Waals surface area contributed by atoms with Crippen LogP contribution in [0.15, 0.2) is 16.3 Å². The molecule has 2 rings (SSSR count). The number of carbonyl (C=O) groups excluding carboxylic acids is 1. The molecule has 1 saturated heterocycles. The third-order valence-electron chi connectivity index (χ3n) is 3.94. The topological polar surface area (TPSA) is 69.7 Å². The Morgan fingerprint density at radius 1 is 1.25 bits per heavy atom. The van der Waals surface area contributed by atoms with Crippen molar-refractivity contribution in [1.29, 1.82) is 0 Å².